The predicted octanol–water partition coefficient (Wildman–Crippen LogP) is 3.82. The van der Waals surface area contributed by atoms with E-state index in [-0.39, 0.29) is 6.04 Å². The molecular formula is C17H21BrN2O. The van der Waals surface area contributed by atoms with Gasteiger partial charge < -0.3 is 4.74 Å². The zero-order chi connectivity index (χ0) is 15.4. The van der Waals surface area contributed by atoms with Gasteiger partial charge in [-0.25, -0.2) is 0 Å². The highest BCUT2D eigenvalue weighted by Crippen LogP contribution is 2.28. The molecule has 1 atom stereocenters. The highest BCUT2D eigenvalue weighted by molar-refractivity contribution is 9.10. The summed E-state index contributed by atoms with van der Waals surface area (Å²) in [6.07, 6.45) is 0.766. The summed E-state index contributed by atoms with van der Waals surface area (Å²) in [5.41, 5.74) is 7.72. The summed E-state index contributed by atoms with van der Waals surface area (Å²) < 4.78 is 6.48. The minimum atomic E-state index is 0.0480. The Kier molecular flexibility index (Phi) is 5.39. The highest BCUT2D eigenvalue weighted by Gasteiger charge is 2.14. The van der Waals surface area contributed by atoms with Gasteiger partial charge in [-0.05, 0) is 49.6 Å². The van der Waals surface area contributed by atoms with Crippen molar-refractivity contribution in [2.24, 2.45) is 5.84 Å². The van der Waals surface area contributed by atoms with E-state index in [1.807, 2.05) is 12.1 Å². The zero-order valence-electron chi connectivity index (χ0n) is 12.6. The molecule has 0 radical (unpaired) electrons. The van der Waals surface area contributed by atoms with Crippen molar-refractivity contribution in [3.05, 3.63) is 63.1 Å². The second kappa shape index (κ2) is 7.07. The van der Waals surface area contributed by atoms with E-state index in [1.165, 1.54) is 16.7 Å². The number of methoxy groups -OCH3 is 1. The van der Waals surface area contributed by atoms with Crippen LogP contribution in [0.25, 0.3) is 0 Å². The molecule has 0 heterocycles. The second-order valence-corrected chi connectivity index (χ2v) is 6.22. The molecule has 0 fully saturated rings. The van der Waals surface area contributed by atoms with Crippen LogP contribution in [-0.2, 0) is 6.42 Å². The largest absolute Gasteiger partial charge is 0.496 e. The lowest BCUT2D eigenvalue weighted by molar-refractivity contribution is 0.405. The zero-order valence-corrected chi connectivity index (χ0v) is 14.2. The van der Waals surface area contributed by atoms with Gasteiger partial charge in [-0.2, -0.15) is 0 Å². The number of hydrogen-bond acceptors (Lipinski definition) is 3. The molecule has 2 rings (SSSR count). The topological polar surface area (TPSA) is 47.3 Å². The van der Waals surface area contributed by atoms with Crippen LogP contribution >= 0.6 is 15.9 Å². The average Bonchev–Trinajstić information content (AvgIpc) is 2.43. The summed E-state index contributed by atoms with van der Waals surface area (Å²) in [4.78, 5) is 0. The van der Waals surface area contributed by atoms with Crippen LogP contribution in [0.5, 0.6) is 5.75 Å². The number of hydrazine groups is 1. The van der Waals surface area contributed by atoms with E-state index in [9.17, 15) is 0 Å². The summed E-state index contributed by atoms with van der Waals surface area (Å²) in [6, 6.07) is 12.6. The van der Waals surface area contributed by atoms with Gasteiger partial charge in [0.25, 0.3) is 0 Å². The van der Waals surface area contributed by atoms with Crippen molar-refractivity contribution in [1.29, 1.82) is 0 Å². The third kappa shape index (κ3) is 4.06. The van der Waals surface area contributed by atoms with Gasteiger partial charge in [0, 0.05) is 4.47 Å². The van der Waals surface area contributed by atoms with Crippen LogP contribution in [0.15, 0.2) is 40.9 Å². The second-order valence-electron chi connectivity index (χ2n) is 5.30. The number of nitrogens with one attached hydrogen (secondary N) is 1. The SMILES string of the molecule is COc1ccc(Br)cc1CC(NN)c1cc(C)cc(C)c1. The standard InChI is InChI=1S/C17H21BrN2O/c1-11-6-12(2)8-13(7-11)16(20-19)10-14-9-15(18)4-5-17(14)21-3/h4-9,16,20H,10,19H2,1-3H3. The fraction of sp³-hybridized carbons (Fsp3) is 0.294. The van der Waals surface area contributed by atoms with E-state index in [2.05, 4.69) is 59.5 Å². The van der Waals surface area contributed by atoms with Crippen molar-refractivity contribution in [2.75, 3.05) is 7.11 Å². The summed E-state index contributed by atoms with van der Waals surface area (Å²) in [5.74, 6) is 6.66. The van der Waals surface area contributed by atoms with Crippen LogP contribution in [0.2, 0.25) is 0 Å². The predicted molar refractivity (Wildman–Crippen MR) is 90.4 cm³/mol. The minimum Gasteiger partial charge on any atom is -0.496 e. The molecule has 0 saturated heterocycles. The lowest BCUT2D eigenvalue weighted by atomic mass is 9.96. The lowest BCUT2D eigenvalue weighted by Crippen LogP contribution is -2.29. The fourth-order valence-electron chi connectivity index (χ4n) is 2.61. The molecule has 2 aromatic rings. The molecule has 0 aliphatic heterocycles. The maximum atomic E-state index is 5.78. The van der Waals surface area contributed by atoms with E-state index in [4.69, 9.17) is 10.6 Å². The summed E-state index contributed by atoms with van der Waals surface area (Å²) in [5, 5.41) is 0. The van der Waals surface area contributed by atoms with Gasteiger partial charge >= 0.3 is 0 Å². The van der Waals surface area contributed by atoms with Gasteiger partial charge in [-0.3, -0.25) is 11.3 Å². The third-order valence-electron chi connectivity index (χ3n) is 3.51. The Bertz CT molecular complexity index is 608. The molecule has 0 aromatic heterocycles. The Hall–Kier alpha value is -1.36. The number of aryl methyl sites for hydroxylation is 2. The van der Waals surface area contributed by atoms with Crippen LogP contribution in [0, 0.1) is 13.8 Å². The fourth-order valence-corrected chi connectivity index (χ4v) is 3.02. The average molecular weight is 349 g/mol. The first-order valence-electron chi connectivity index (χ1n) is 6.90. The monoisotopic (exact) mass is 348 g/mol. The van der Waals surface area contributed by atoms with E-state index >= 15 is 0 Å². The molecule has 21 heavy (non-hydrogen) atoms. The Balaban J connectivity index is 2.32. The number of ether oxygens (including phenoxy) is 1. The maximum Gasteiger partial charge on any atom is 0.122 e. The van der Waals surface area contributed by atoms with E-state index in [0.29, 0.717) is 0 Å². The Morgan fingerprint density at radius 3 is 2.38 bits per heavy atom. The van der Waals surface area contributed by atoms with Crippen molar-refractivity contribution < 1.29 is 4.74 Å². The van der Waals surface area contributed by atoms with Gasteiger partial charge in [0.2, 0.25) is 0 Å². The smallest absolute Gasteiger partial charge is 0.122 e. The van der Waals surface area contributed by atoms with Crippen molar-refractivity contribution >= 4 is 15.9 Å². The Morgan fingerprint density at radius 1 is 1.14 bits per heavy atom. The first-order valence-corrected chi connectivity index (χ1v) is 7.69. The summed E-state index contributed by atoms with van der Waals surface area (Å²) >= 11 is 3.51. The Morgan fingerprint density at radius 2 is 1.81 bits per heavy atom. The van der Waals surface area contributed by atoms with Gasteiger partial charge in [-0.1, -0.05) is 45.3 Å². The molecule has 112 valence electrons. The van der Waals surface area contributed by atoms with Crippen LogP contribution in [-0.4, -0.2) is 7.11 Å². The van der Waals surface area contributed by atoms with Crippen molar-refractivity contribution in [3.63, 3.8) is 0 Å². The molecule has 2 aromatic carbocycles. The molecule has 3 nitrogen and oxygen atoms in total. The van der Waals surface area contributed by atoms with Crippen molar-refractivity contribution in [2.45, 2.75) is 26.3 Å². The molecule has 0 saturated carbocycles. The first-order chi connectivity index (χ1) is 10.0. The van der Waals surface area contributed by atoms with E-state index in [0.717, 1.165) is 22.2 Å². The van der Waals surface area contributed by atoms with Crippen LogP contribution in [0.3, 0.4) is 0 Å². The van der Waals surface area contributed by atoms with Gasteiger partial charge in [0.05, 0.1) is 13.2 Å². The lowest BCUT2D eigenvalue weighted by Gasteiger charge is -2.19. The molecule has 3 N–H and O–H groups in total. The normalized spacial score (nSPS) is 12.2. The van der Waals surface area contributed by atoms with Gasteiger partial charge in [0.1, 0.15) is 5.75 Å². The van der Waals surface area contributed by atoms with Crippen LogP contribution in [0.4, 0.5) is 0 Å². The Labute approximate surface area is 134 Å². The molecule has 0 aliphatic carbocycles. The number of halogens is 1. The van der Waals surface area contributed by atoms with Gasteiger partial charge in [0.15, 0.2) is 0 Å². The molecule has 0 bridgehead atoms. The van der Waals surface area contributed by atoms with Crippen molar-refractivity contribution in [1.82, 2.24) is 5.43 Å². The molecule has 0 spiro atoms. The molecule has 0 amide bonds. The van der Waals surface area contributed by atoms with Crippen molar-refractivity contribution in [3.8, 4) is 5.75 Å². The number of benzene rings is 2. The maximum absolute atomic E-state index is 5.78. The van der Waals surface area contributed by atoms with Crippen LogP contribution in [0.1, 0.15) is 28.3 Å². The molecule has 0 aliphatic rings. The number of nitrogens with two attached hydrogens (primary N) is 1. The highest BCUT2D eigenvalue weighted by atomic mass is 79.9. The third-order valence-corrected chi connectivity index (χ3v) is 4.01. The molecular weight excluding hydrogens is 328 g/mol. The molecule has 1 unspecified atom stereocenters. The minimum absolute atomic E-state index is 0.0480. The van der Waals surface area contributed by atoms with Gasteiger partial charge in [-0.15, -0.1) is 0 Å². The summed E-state index contributed by atoms with van der Waals surface area (Å²) in [7, 11) is 1.69. The quantitative estimate of drug-likeness (QED) is 0.637. The number of hydrogen-bond donors (Lipinski definition) is 2. The summed E-state index contributed by atoms with van der Waals surface area (Å²) in [6.45, 7) is 4.20. The molecule has 4 heteroatoms. The van der Waals surface area contributed by atoms with Crippen LogP contribution < -0.4 is 16.0 Å². The number of rotatable bonds is 5. The van der Waals surface area contributed by atoms with E-state index < -0.39 is 0 Å². The first kappa shape index (κ1) is 16.0. The van der Waals surface area contributed by atoms with E-state index in [1.54, 1.807) is 7.11 Å².